The lowest BCUT2D eigenvalue weighted by atomic mass is 9.70. The molecule has 0 unspecified atom stereocenters. The molecule has 0 aliphatic heterocycles. The van der Waals surface area contributed by atoms with Crippen LogP contribution in [-0.2, 0) is 5.60 Å². The molecule has 0 aliphatic rings. The Labute approximate surface area is 222 Å². The predicted molar refractivity (Wildman–Crippen MR) is 151 cm³/mol. The lowest BCUT2D eigenvalue weighted by Crippen LogP contribution is -2.38. The highest BCUT2D eigenvalue weighted by Gasteiger charge is 2.43. The molecule has 6 heteroatoms. The second-order valence-electron chi connectivity index (χ2n) is 9.56. The maximum absolute atomic E-state index is 13.0. The summed E-state index contributed by atoms with van der Waals surface area (Å²) in [6.07, 6.45) is 2.33. The summed E-state index contributed by atoms with van der Waals surface area (Å²) < 4.78 is 10.1. The summed E-state index contributed by atoms with van der Waals surface area (Å²) in [4.78, 5) is 6.98. The minimum absolute atomic E-state index is 0.420. The first-order valence-electron chi connectivity index (χ1n) is 12.4. The zero-order chi connectivity index (χ0) is 25.8. The number of pyridine rings is 1. The van der Waals surface area contributed by atoms with Gasteiger partial charge in [0.15, 0.2) is 0 Å². The van der Waals surface area contributed by atoms with Gasteiger partial charge in [-0.25, -0.2) is 9.36 Å². The summed E-state index contributed by atoms with van der Waals surface area (Å²) >= 11 is 1.39. The monoisotopic (exact) mass is 509 g/mol. The summed E-state index contributed by atoms with van der Waals surface area (Å²) in [5.74, 6) is 0.0811. The van der Waals surface area contributed by atoms with Crippen LogP contribution in [0.1, 0.15) is 29.0 Å². The van der Waals surface area contributed by atoms with Gasteiger partial charge in [0, 0.05) is 29.0 Å². The quantitative estimate of drug-likeness (QED) is 0.251. The van der Waals surface area contributed by atoms with E-state index in [1.54, 1.807) is 7.11 Å². The number of nitrogens with zero attached hydrogens (tertiary/aromatic N) is 3. The van der Waals surface area contributed by atoms with Crippen LogP contribution in [0.3, 0.4) is 0 Å². The molecule has 0 amide bonds. The molecule has 0 aliphatic carbocycles. The fourth-order valence-electron chi connectivity index (χ4n) is 5.12. The Balaban J connectivity index is 1.77. The second kappa shape index (κ2) is 10.8. The van der Waals surface area contributed by atoms with Crippen molar-refractivity contribution in [2.75, 3.05) is 27.7 Å². The number of benzene rings is 3. The van der Waals surface area contributed by atoms with Crippen molar-refractivity contribution in [2.45, 2.75) is 17.9 Å². The number of methoxy groups -OCH3 is 1. The summed E-state index contributed by atoms with van der Waals surface area (Å²) in [5.41, 5.74) is 3.24. The Kier molecular flexibility index (Phi) is 7.33. The van der Waals surface area contributed by atoms with Gasteiger partial charge in [-0.15, -0.1) is 0 Å². The second-order valence-corrected chi connectivity index (χ2v) is 10.2. The molecular formula is C31H31N3O2S. The molecular weight excluding hydrogens is 478 g/mol. The molecule has 37 heavy (non-hydrogen) atoms. The summed E-state index contributed by atoms with van der Waals surface area (Å²) in [5, 5.41) is 17.1. The average molecular weight is 510 g/mol. The zero-order valence-corrected chi connectivity index (χ0v) is 22.2. The van der Waals surface area contributed by atoms with E-state index < -0.39 is 11.5 Å². The predicted octanol–water partition coefficient (Wildman–Crippen LogP) is 6.34. The van der Waals surface area contributed by atoms with Gasteiger partial charge in [0.1, 0.15) is 5.60 Å². The fraction of sp³-hybridized carbons (Fsp3) is 0.226. The third-order valence-electron chi connectivity index (χ3n) is 6.93. The minimum atomic E-state index is -1.24. The number of hydrogen-bond acceptors (Lipinski definition) is 6. The first-order chi connectivity index (χ1) is 18.0. The average Bonchev–Trinajstić information content (AvgIpc) is 3.48. The molecule has 0 bridgehead atoms. The molecule has 3 aromatic carbocycles. The summed E-state index contributed by atoms with van der Waals surface area (Å²) in [6, 6.07) is 28.6. The number of aromatic nitrogens is 2. The molecule has 0 radical (unpaired) electrons. The van der Waals surface area contributed by atoms with Crippen LogP contribution in [0.15, 0.2) is 96.5 Å². The van der Waals surface area contributed by atoms with Crippen LogP contribution in [0, 0.1) is 0 Å². The molecule has 5 rings (SSSR count). The van der Waals surface area contributed by atoms with Crippen molar-refractivity contribution in [3.8, 4) is 17.1 Å². The van der Waals surface area contributed by atoms with E-state index in [1.807, 2.05) is 74.2 Å². The Morgan fingerprint density at radius 3 is 2.43 bits per heavy atom. The van der Waals surface area contributed by atoms with Crippen LogP contribution in [-0.4, -0.2) is 47.1 Å². The molecule has 2 atom stereocenters. The molecule has 0 spiro atoms. The SMILES string of the molecule is COc1nc(-c2cnsc2)ccc1[C@@H](c1ccccc1)[C@@](O)(CCN(C)C)c1cccc2ccccc12. The van der Waals surface area contributed by atoms with Crippen LogP contribution in [0.5, 0.6) is 5.88 Å². The van der Waals surface area contributed by atoms with Gasteiger partial charge < -0.3 is 14.7 Å². The molecule has 0 saturated carbocycles. The fourth-order valence-corrected chi connectivity index (χ4v) is 5.65. The maximum atomic E-state index is 13.0. The third-order valence-corrected chi connectivity index (χ3v) is 7.52. The van der Waals surface area contributed by atoms with E-state index in [0.717, 1.165) is 38.7 Å². The third kappa shape index (κ3) is 5.01. The number of fused-ring (bicyclic) bond motifs is 1. The molecule has 0 saturated heterocycles. The van der Waals surface area contributed by atoms with Crippen molar-refractivity contribution in [2.24, 2.45) is 0 Å². The van der Waals surface area contributed by atoms with Gasteiger partial charge in [0.2, 0.25) is 5.88 Å². The van der Waals surface area contributed by atoms with E-state index in [-0.39, 0.29) is 0 Å². The molecule has 0 fully saturated rings. The largest absolute Gasteiger partial charge is 0.481 e. The van der Waals surface area contributed by atoms with Gasteiger partial charge in [-0.05, 0) is 60.0 Å². The highest BCUT2D eigenvalue weighted by molar-refractivity contribution is 7.03. The van der Waals surface area contributed by atoms with Crippen LogP contribution in [0.25, 0.3) is 22.0 Å². The van der Waals surface area contributed by atoms with Gasteiger partial charge in [-0.1, -0.05) is 78.9 Å². The smallest absolute Gasteiger partial charge is 0.217 e. The zero-order valence-electron chi connectivity index (χ0n) is 21.3. The van der Waals surface area contributed by atoms with Gasteiger partial charge >= 0.3 is 0 Å². The van der Waals surface area contributed by atoms with E-state index in [1.165, 1.54) is 11.5 Å². The Morgan fingerprint density at radius 1 is 0.946 bits per heavy atom. The van der Waals surface area contributed by atoms with Gasteiger partial charge in [0.25, 0.3) is 0 Å². The van der Waals surface area contributed by atoms with Crippen molar-refractivity contribution in [3.05, 3.63) is 113 Å². The first kappa shape index (κ1) is 25.1. The van der Waals surface area contributed by atoms with E-state index in [9.17, 15) is 5.11 Å². The summed E-state index contributed by atoms with van der Waals surface area (Å²) in [6.45, 7) is 0.706. The minimum Gasteiger partial charge on any atom is -0.481 e. The maximum Gasteiger partial charge on any atom is 0.217 e. The highest BCUT2D eigenvalue weighted by atomic mass is 32.1. The number of ether oxygens (including phenoxy) is 1. The number of hydrogen-bond donors (Lipinski definition) is 1. The van der Waals surface area contributed by atoms with Crippen molar-refractivity contribution in [1.82, 2.24) is 14.3 Å². The Bertz CT molecular complexity index is 1470. The molecule has 2 aromatic heterocycles. The molecule has 1 N–H and O–H groups in total. The van der Waals surface area contributed by atoms with Crippen molar-refractivity contribution < 1.29 is 9.84 Å². The van der Waals surface area contributed by atoms with E-state index in [0.29, 0.717) is 18.8 Å². The van der Waals surface area contributed by atoms with Crippen molar-refractivity contribution in [3.63, 3.8) is 0 Å². The molecule has 188 valence electrons. The lowest BCUT2D eigenvalue weighted by molar-refractivity contribution is 0.00516. The number of aliphatic hydroxyl groups is 1. The van der Waals surface area contributed by atoms with Gasteiger partial charge in [0.05, 0.1) is 19.0 Å². The van der Waals surface area contributed by atoms with Crippen LogP contribution >= 0.6 is 11.5 Å². The molecule has 5 nitrogen and oxygen atoms in total. The van der Waals surface area contributed by atoms with Crippen LogP contribution in [0.4, 0.5) is 0 Å². The van der Waals surface area contributed by atoms with Crippen LogP contribution < -0.4 is 4.74 Å². The normalized spacial score (nSPS) is 14.0. The molecule has 2 heterocycles. The lowest BCUT2D eigenvalue weighted by Gasteiger charge is -2.39. The summed E-state index contributed by atoms with van der Waals surface area (Å²) in [7, 11) is 5.71. The van der Waals surface area contributed by atoms with E-state index in [2.05, 4.69) is 45.7 Å². The van der Waals surface area contributed by atoms with Crippen molar-refractivity contribution >= 4 is 22.3 Å². The van der Waals surface area contributed by atoms with E-state index >= 15 is 0 Å². The van der Waals surface area contributed by atoms with Crippen molar-refractivity contribution in [1.29, 1.82) is 0 Å². The Hall–Kier alpha value is -3.58. The highest BCUT2D eigenvalue weighted by Crippen LogP contribution is 2.48. The Morgan fingerprint density at radius 2 is 1.70 bits per heavy atom. The molecule has 5 aromatic rings. The van der Waals surface area contributed by atoms with Crippen LogP contribution in [0.2, 0.25) is 0 Å². The van der Waals surface area contributed by atoms with Gasteiger partial charge in [-0.3, -0.25) is 0 Å². The standard InChI is InChI=1S/C31H31N3O2S/c1-34(2)19-18-31(35,27-15-9-13-22-10-7-8-14-25(22)27)29(23-11-5-4-6-12-23)26-16-17-28(33-30(26)36-3)24-20-32-37-21-24/h4-17,20-21,29,35H,18-19H2,1-3H3/t29-,31-/m1/s1. The van der Waals surface area contributed by atoms with E-state index in [4.69, 9.17) is 9.72 Å². The topological polar surface area (TPSA) is 58.5 Å². The number of rotatable bonds is 9. The van der Waals surface area contributed by atoms with Gasteiger partial charge in [-0.2, -0.15) is 0 Å². The first-order valence-corrected chi connectivity index (χ1v) is 13.2.